The number of halogens is 1. The van der Waals surface area contributed by atoms with Crippen molar-refractivity contribution in [3.05, 3.63) is 21.3 Å². The van der Waals surface area contributed by atoms with E-state index < -0.39 is 0 Å². The molecule has 17 heavy (non-hydrogen) atoms. The number of amides is 1. The van der Waals surface area contributed by atoms with Crippen LogP contribution in [0.25, 0.3) is 0 Å². The van der Waals surface area contributed by atoms with Gasteiger partial charge >= 0.3 is 0 Å². The van der Waals surface area contributed by atoms with Crippen LogP contribution >= 0.6 is 22.9 Å². The third kappa shape index (κ3) is 3.69. The number of piperazine rings is 1. The summed E-state index contributed by atoms with van der Waals surface area (Å²) in [6, 6.07) is 4.29. The molecule has 0 spiro atoms. The minimum atomic E-state index is 0.253. The summed E-state index contributed by atoms with van der Waals surface area (Å²) in [6.45, 7) is 4.66. The van der Waals surface area contributed by atoms with Crippen LogP contribution in [0.15, 0.2) is 12.1 Å². The topological polar surface area (TPSA) is 32.3 Å². The molecule has 1 aliphatic rings. The Balaban J connectivity index is 1.80. The zero-order valence-electron chi connectivity index (χ0n) is 9.91. The summed E-state index contributed by atoms with van der Waals surface area (Å²) in [6.07, 6.45) is 1.39. The van der Waals surface area contributed by atoms with Crippen LogP contribution in [-0.4, -0.2) is 36.5 Å². The lowest BCUT2D eigenvalue weighted by Crippen LogP contribution is -2.51. The maximum atomic E-state index is 12.0. The molecule has 1 aromatic rings. The molecular weight excluding hydrogens is 256 g/mol. The number of rotatable bonds is 3. The van der Waals surface area contributed by atoms with Crippen LogP contribution in [0.4, 0.5) is 0 Å². The van der Waals surface area contributed by atoms with Crippen LogP contribution in [-0.2, 0) is 11.2 Å². The molecule has 1 atom stereocenters. The van der Waals surface area contributed by atoms with E-state index in [0.717, 1.165) is 30.4 Å². The van der Waals surface area contributed by atoms with Gasteiger partial charge in [-0.1, -0.05) is 11.6 Å². The Morgan fingerprint density at radius 2 is 2.47 bits per heavy atom. The van der Waals surface area contributed by atoms with Gasteiger partial charge in [0, 0.05) is 37.0 Å². The highest BCUT2D eigenvalue weighted by Crippen LogP contribution is 2.22. The van der Waals surface area contributed by atoms with E-state index in [2.05, 4.69) is 12.2 Å². The van der Waals surface area contributed by atoms with E-state index in [-0.39, 0.29) is 5.91 Å². The van der Waals surface area contributed by atoms with Crippen LogP contribution in [0.2, 0.25) is 4.34 Å². The standard InChI is InChI=1S/C12H17ClN2OS/c1-9-8-15(7-6-14-9)12(16)5-3-10-2-4-11(13)17-10/h2,4,9,14H,3,5-8H2,1H3. The molecule has 1 aromatic heterocycles. The third-order valence-corrected chi connectivity index (χ3v) is 4.23. The summed E-state index contributed by atoms with van der Waals surface area (Å²) in [5.41, 5.74) is 0. The molecule has 1 N–H and O–H groups in total. The average Bonchev–Trinajstić information content (AvgIpc) is 2.72. The van der Waals surface area contributed by atoms with E-state index in [4.69, 9.17) is 11.6 Å². The molecule has 1 amide bonds. The maximum absolute atomic E-state index is 12.0. The van der Waals surface area contributed by atoms with E-state index in [0.29, 0.717) is 12.5 Å². The van der Waals surface area contributed by atoms with Gasteiger partial charge in [-0.25, -0.2) is 0 Å². The first-order valence-corrected chi connectivity index (χ1v) is 7.10. The van der Waals surface area contributed by atoms with Crippen molar-refractivity contribution in [2.75, 3.05) is 19.6 Å². The van der Waals surface area contributed by atoms with Gasteiger partial charge < -0.3 is 10.2 Å². The molecule has 1 unspecified atom stereocenters. The van der Waals surface area contributed by atoms with Gasteiger partial charge in [-0.05, 0) is 25.5 Å². The Labute approximate surface area is 111 Å². The van der Waals surface area contributed by atoms with Gasteiger partial charge in [0.05, 0.1) is 4.34 Å². The van der Waals surface area contributed by atoms with Crippen molar-refractivity contribution in [3.63, 3.8) is 0 Å². The maximum Gasteiger partial charge on any atom is 0.223 e. The molecule has 1 saturated heterocycles. The van der Waals surface area contributed by atoms with Crippen molar-refractivity contribution in [3.8, 4) is 0 Å². The zero-order chi connectivity index (χ0) is 12.3. The van der Waals surface area contributed by atoms with Gasteiger partial charge in [-0.2, -0.15) is 0 Å². The van der Waals surface area contributed by atoms with Crippen molar-refractivity contribution in [1.29, 1.82) is 0 Å². The third-order valence-electron chi connectivity index (χ3n) is 2.94. The van der Waals surface area contributed by atoms with Gasteiger partial charge in [-0.3, -0.25) is 4.79 Å². The fourth-order valence-electron chi connectivity index (χ4n) is 2.03. The number of nitrogens with one attached hydrogen (secondary N) is 1. The Hall–Kier alpha value is -0.580. The second-order valence-corrected chi connectivity index (χ2v) is 6.20. The zero-order valence-corrected chi connectivity index (χ0v) is 11.5. The summed E-state index contributed by atoms with van der Waals surface area (Å²) in [5.74, 6) is 0.253. The predicted molar refractivity (Wildman–Crippen MR) is 71.7 cm³/mol. The number of hydrogen-bond acceptors (Lipinski definition) is 3. The van der Waals surface area contributed by atoms with Crippen LogP contribution < -0.4 is 5.32 Å². The molecule has 0 aromatic carbocycles. The molecule has 1 aliphatic heterocycles. The lowest BCUT2D eigenvalue weighted by Gasteiger charge is -2.31. The SMILES string of the molecule is CC1CN(C(=O)CCc2ccc(Cl)s2)CCN1. The summed E-state index contributed by atoms with van der Waals surface area (Å²) in [7, 11) is 0. The highest BCUT2D eigenvalue weighted by atomic mass is 35.5. The van der Waals surface area contributed by atoms with Crippen molar-refractivity contribution in [2.24, 2.45) is 0 Å². The Morgan fingerprint density at radius 3 is 3.12 bits per heavy atom. The fourth-order valence-corrected chi connectivity index (χ4v) is 3.12. The minimum Gasteiger partial charge on any atom is -0.340 e. The van der Waals surface area contributed by atoms with Crippen molar-refractivity contribution in [2.45, 2.75) is 25.8 Å². The highest BCUT2D eigenvalue weighted by molar-refractivity contribution is 7.16. The first-order valence-electron chi connectivity index (χ1n) is 5.90. The molecule has 0 aliphatic carbocycles. The van der Waals surface area contributed by atoms with Crippen LogP contribution in [0.1, 0.15) is 18.2 Å². The fraction of sp³-hybridized carbons (Fsp3) is 0.583. The Kier molecular flexibility index (Phi) is 4.42. The van der Waals surface area contributed by atoms with Crippen molar-refractivity contribution >= 4 is 28.8 Å². The number of carbonyl (C=O) groups excluding carboxylic acids is 1. The quantitative estimate of drug-likeness (QED) is 0.915. The van der Waals surface area contributed by atoms with Crippen LogP contribution in [0, 0.1) is 0 Å². The molecule has 0 radical (unpaired) electrons. The molecule has 2 rings (SSSR count). The normalized spacial score (nSPS) is 20.6. The first kappa shape index (κ1) is 12.9. The van der Waals surface area contributed by atoms with Crippen molar-refractivity contribution < 1.29 is 4.79 Å². The van der Waals surface area contributed by atoms with Gasteiger partial charge in [0.15, 0.2) is 0 Å². The largest absolute Gasteiger partial charge is 0.340 e. The second-order valence-electron chi connectivity index (χ2n) is 4.40. The van der Waals surface area contributed by atoms with Gasteiger partial charge in [0.25, 0.3) is 0 Å². The number of aryl methyl sites for hydroxylation is 1. The molecule has 0 bridgehead atoms. The molecule has 94 valence electrons. The Morgan fingerprint density at radius 1 is 1.65 bits per heavy atom. The summed E-state index contributed by atoms with van der Waals surface area (Å²) < 4.78 is 0.795. The highest BCUT2D eigenvalue weighted by Gasteiger charge is 2.19. The minimum absolute atomic E-state index is 0.253. The monoisotopic (exact) mass is 272 g/mol. The predicted octanol–water partition coefficient (Wildman–Crippen LogP) is 2.15. The summed E-state index contributed by atoms with van der Waals surface area (Å²) in [5, 5.41) is 3.33. The smallest absolute Gasteiger partial charge is 0.223 e. The van der Waals surface area contributed by atoms with Crippen LogP contribution in [0.5, 0.6) is 0 Å². The molecule has 0 saturated carbocycles. The van der Waals surface area contributed by atoms with Gasteiger partial charge in [0.2, 0.25) is 5.91 Å². The number of thiophene rings is 1. The van der Waals surface area contributed by atoms with Crippen molar-refractivity contribution in [1.82, 2.24) is 10.2 Å². The molecule has 1 fully saturated rings. The van der Waals surface area contributed by atoms with E-state index in [1.54, 1.807) is 11.3 Å². The lowest BCUT2D eigenvalue weighted by molar-refractivity contribution is -0.132. The summed E-state index contributed by atoms with van der Waals surface area (Å²) in [4.78, 5) is 15.1. The first-order chi connectivity index (χ1) is 8.15. The Bertz CT molecular complexity index is 394. The number of nitrogens with zero attached hydrogens (tertiary/aromatic N) is 1. The average molecular weight is 273 g/mol. The molecule has 3 nitrogen and oxygen atoms in total. The van der Waals surface area contributed by atoms with Gasteiger partial charge in [-0.15, -0.1) is 11.3 Å². The van der Waals surface area contributed by atoms with E-state index >= 15 is 0 Å². The van der Waals surface area contributed by atoms with Gasteiger partial charge in [0.1, 0.15) is 0 Å². The molecule has 5 heteroatoms. The van der Waals surface area contributed by atoms with E-state index in [1.165, 1.54) is 4.88 Å². The lowest BCUT2D eigenvalue weighted by atomic mass is 10.2. The van der Waals surface area contributed by atoms with E-state index in [1.807, 2.05) is 17.0 Å². The molecule has 2 heterocycles. The van der Waals surface area contributed by atoms with Crippen LogP contribution in [0.3, 0.4) is 0 Å². The molecular formula is C12H17ClN2OS. The summed E-state index contributed by atoms with van der Waals surface area (Å²) >= 11 is 7.42. The number of carbonyl (C=O) groups is 1. The number of hydrogen-bond donors (Lipinski definition) is 1. The van der Waals surface area contributed by atoms with E-state index in [9.17, 15) is 4.79 Å². The second kappa shape index (κ2) is 5.85.